The molecule has 0 bridgehead atoms. The molecule has 1 fully saturated rings. The number of aromatic nitrogens is 3. The Kier molecular flexibility index (Phi) is 9.66. The maximum atomic E-state index is 15.0. The second kappa shape index (κ2) is 13.6. The summed E-state index contributed by atoms with van der Waals surface area (Å²) in [5, 5.41) is 4.90. The number of urea groups is 1. The third-order valence-corrected chi connectivity index (χ3v) is 8.04. The largest absolute Gasteiger partial charge is 0.573 e. The van der Waals surface area contributed by atoms with Gasteiger partial charge in [-0.05, 0) is 66.3 Å². The van der Waals surface area contributed by atoms with Crippen molar-refractivity contribution < 1.29 is 27.1 Å². The molecule has 0 radical (unpaired) electrons. The van der Waals surface area contributed by atoms with Crippen molar-refractivity contribution in [3.63, 3.8) is 0 Å². The van der Waals surface area contributed by atoms with E-state index in [4.69, 9.17) is 0 Å². The van der Waals surface area contributed by atoms with Gasteiger partial charge >= 0.3 is 12.4 Å². The molecule has 2 amide bonds. The van der Waals surface area contributed by atoms with Crippen molar-refractivity contribution in [3.05, 3.63) is 89.7 Å². The molecule has 0 spiro atoms. The molecule has 2 heterocycles. The molecule has 3 aromatic carbocycles. The van der Waals surface area contributed by atoms with E-state index in [9.17, 15) is 18.0 Å². The first kappa shape index (κ1) is 31.9. The molecule has 13 heteroatoms. The topological polar surface area (TPSA) is 85.0 Å². The number of hydrogen-bond acceptors (Lipinski definition) is 5. The van der Waals surface area contributed by atoms with Crippen LogP contribution in [0.25, 0.3) is 17.1 Å². The number of aryl methyl sites for hydroxylation is 1. The van der Waals surface area contributed by atoms with Crippen molar-refractivity contribution in [3.8, 4) is 22.8 Å². The summed E-state index contributed by atoms with van der Waals surface area (Å²) in [6.45, 7) is 7.06. The molecule has 0 aliphatic carbocycles. The highest BCUT2D eigenvalue weighted by molar-refractivity contribution is 8.14. The van der Waals surface area contributed by atoms with Crippen molar-refractivity contribution >= 4 is 34.9 Å². The number of carbonyl (C=O) groups excluding carboxylic acids is 1. The predicted molar refractivity (Wildman–Crippen MR) is 168 cm³/mol. The Labute approximate surface area is 261 Å². The fourth-order valence-corrected chi connectivity index (χ4v) is 5.93. The van der Waals surface area contributed by atoms with Crippen LogP contribution in [0.2, 0.25) is 0 Å². The van der Waals surface area contributed by atoms with Crippen LogP contribution < -0.4 is 9.64 Å². The molecule has 234 valence electrons. The number of hydrogen-bond donors (Lipinski definition) is 0. The monoisotopic (exact) mass is 638 g/mol. The lowest BCUT2D eigenvalue weighted by Gasteiger charge is -2.32. The number of anilines is 1. The molecular formula is C32H30F4N6O2S. The first-order valence-corrected chi connectivity index (χ1v) is 15.2. The van der Waals surface area contributed by atoms with Gasteiger partial charge in [0.15, 0.2) is 17.2 Å². The molecule has 1 aliphatic heterocycles. The number of aliphatic imine (C=N–C) groups is 2. The number of alkyl halides is 4. The van der Waals surface area contributed by atoms with Crippen LogP contribution in [0.3, 0.4) is 0 Å². The Morgan fingerprint density at radius 3 is 2.49 bits per heavy atom. The van der Waals surface area contributed by atoms with Crippen LogP contribution in [0.15, 0.2) is 83.0 Å². The smallest absolute Gasteiger partial charge is 0.406 e. The minimum absolute atomic E-state index is 0.276. The van der Waals surface area contributed by atoms with Crippen LogP contribution in [0.1, 0.15) is 49.0 Å². The Hall–Kier alpha value is -4.52. The predicted octanol–water partition coefficient (Wildman–Crippen LogP) is 8.47. The Morgan fingerprint density at radius 1 is 1.07 bits per heavy atom. The van der Waals surface area contributed by atoms with Gasteiger partial charge in [-0.15, -0.1) is 18.3 Å². The third-order valence-electron chi connectivity index (χ3n) is 6.98. The second-order valence-corrected chi connectivity index (χ2v) is 11.6. The summed E-state index contributed by atoms with van der Waals surface area (Å²) in [7, 11) is 0. The van der Waals surface area contributed by atoms with E-state index >= 15 is 4.39 Å². The van der Waals surface area contributed by atoms with E-state index in [0.29, 0.717) is 22.2 Å². The number of ether oxygens (including phenoxy) is 1. The average molecular weight is 639 g/mol. The maximum Gasteiger partial charge on any atom is 0.573 e. The zero-order valence-electron chi connectivity index (χ0n) is 24.7. The van der Waals surface area contributed by atoms with E-state index < -0.39 is 18.6 Å². The minimum atomic E-state index is -4.78. The van der Waals surface area contributed by atoms with Crippen LogP contribution in [-0.2, 0) is 0 Å². The lowest BCUT2D eigenvalue weighted by atomic mass is 9.95. The van der Waals surface area contributed by atoms with Crippen molar-refractivity contribution in [2.75, 3.05) is 17.2 Å². The van der Waals surface area contributed by atoms with Crippen LogP contribution in [0.5, 0.6) is 5.75 Å². The van der Waals surface area contributed by atoms with Crippen molar-refractivity contribution in [1.29, 1.82) is 0 Å². The number of rotatable bonds is 7. The molecule has 1 unspecified atom stereocenters. The van der Waals surface area contributed by atoms with Gasteiger partial charge in [0.2, 0.25) is 0 Å². The number of benzene rings is 3. The Morgan fingerprint density at radius 2 is 1.80 bits per heavy atom. The minimum Gasteiger partial charge on any atom is -0.406 e. The number of thioether (sulfide) groups is 1. The zero-order valence-corrected chi connectivity index (χ0v) is 25.5. The zero-order chi connectivity index (χ0) is 32.1. The standard InChI is InChI=1S/C32H30F4N6O2S/c1-20(2)28-21(3)6-4-7-27(28)41-16-5-17-45-31(41)39-30(43)37-18-26(33)22-8-10-23(11-9-22)29-38-19-42(40-29)24-12-14-25(15-13-24)44-32(34,35)36/h4,6-15,18-20,26H,5,16-17H2,1-3H3. The van der Waals surface area contributed by atoms with Gasteiger partial charge in [-0.1, -0.05) is 62.0 Å². The summed E-state index contributed by atoms with van der Waals surface area (Å²) in [4.78, 5) is 27.0. The number of amides is 2. The van der Waals surface area contributed by atoms with Gasteiger partial charge in [-0.25, -0.2) is 23.8 Å². The van der Waals surface area contributed by atoms with Crippen LogP contribution in [0, 0.1) is 6.92 Å². The molecular weight excluding hydrogens is 608 g/mol. The van der Waals surface area contributed by atoms with E-state index in [1.165, 1.54) is 70.3 Å². The average Bonchev–Trinajstić information content (AvgIpc) is 3.50. The van der Waals surface area contributed by atoms with E-state index in [1.54, 1.807) is 12.1 Å². The van der Waals surface area contributed by atoms with Gasteiger partial charge in [0, 0.05) is 29.8 Å². The molecule has 1 aliphatic rings. The van der Waals surface area contributed by atoms with Gasteiger partial charge in [-0.3, -0.25) is 0 Å². The Balaban J connectivity index is 1.24. The lowest BCUT2D eigenvalue weighted by molar-refractivity contribution is -0.274. The number of carbonyl (C=O) groups is 1. The second-order valence-electron chi connectivity index (χ2n) is 10.5. The number of nitrogens with zero attached hydrogens (tertiary/aromatic N) is 6. The first-order valence-electron chi connectivity index (χ1n) is 14.2. The van der Waals surface area contributed by atoms with E-state index in [2.05, 4.69) is 51.6 Å². The van der Waals surface area contributed by atoms with Crippen molar-refractivity contribution in [2.45, 2.75) is 45.6 Å². The summed E-state index contributed by atoms with van der Waals surface area (Å²) in [6, 6.07) is 16.8. The van der Waals surface area contributed by atoms with E-state index in [1.807, 2.05) is 17.0 Å². The first-order chi connectivity index (χ1) is 21.5. The number of amidine groups is 1. The highest BCUT2D eigenvalue weighted by Crippen LogP contribution is 2.34. The molecule has 0 saturated carbocycles. The molecule has 1 saturated heterocycles. The Bertz CT molecular complexity index is 1700. The number of halogens is 4. The van der Waals surface area contributed by atoms with Gasteiger partial charge in [-0.2, -0.15) is 4.99 Å². The molecule has 8 nitrogen and oxygen atoms in total. The van der Waals surface area contributed by atoms with E-state index in [0.717, 1.165) is 30.6 Å². The van der Waals surface area contributed by atoms with E-state index in [-0.39, 0.29) is 17.2 Å². The summed E-state index contributed by atoms with van der Waals surface area (Å²) in [5.74, 6) is 1.09. The van der Waals surface area contributed by atoms with Crippen LogP contribution >= 0.6 is 11.8 Å². The molecule has 45 heavy (non-hydrogen) atoms. The molecule has 1 atom stereocenters. The van der Waals surface area contributed by atoms with Gasteiger partial charge in [0.25, 0.3) is 0 Å². The van der Waals surface area contributed by atoms with Crippen LogP contribution in [0.4, 0.5) is 28.0 Å². The fourth-order valence-electron chi connectivity index (χ4n) is 4.99. The normalized spacial score (nSPS) is 15.6. The molecule has 0 N–H and O–H groups in total. The molecule has 4 aromatic rings. The van der Waals surface area contributed by atoms with Crippen molar-refractivity contribution in [2.24, 2.45) is 9.98 Å². The quantitative estimate of drug-likeness (QED) is 0.149. The van der Waals surface area contributed by atoms with Crippen LogP contribution in [-0.4, -0.2) is 50.8 Å². The summed E-state index contributed by atoms with van der Waals surface area (Å²) in [6.07, 6.45) is -3.14. The lowest BCUT2D eigenvalue weighted by Crippen LogP contribution is -2.35. The van der Waals surface area contributed by atoms with Crippen molar-refractivity contribution in [1.82, 2.24) is 14.8 Å². The highest BCUT2D eigenvalue weighted by Gasteiger charge is 2.31. The maximum absolute atomic E-state index is 15.0. The highest BCUT2D eigenvalue weighted by atomic mass is 32.2. The summed E-state index contributed by atoms with van der Waals surface area (Å²) >= 11 is 1.48. The fraction of sp³-hybridized carbons (Fsp3) is 0.281. The van der Waals surface area contributed by atoms with Gasteiger partial charge in [0.1, 0.15) is 12.1 Å². The van der Waals surface area contributed by atoms with Gasteiger partial charge < -0.3 is 9.64 Å². The summed E-state index contributed by atoms with van der Waals surface area (Å²) in [5.41, 5.74) is 4.73. The SMILES string of the molecule is Cc1cccc(N2CCCSC2=NC(=O)N=CC(F)c2ccc(-c3ncn(-c4ccc(OC(F)(F)F)cc4)n3)cc2)c1C(C)C. The third kappa shape index (κ3) is 7.96. The van der Waals surface area contributed by atoms with Gasteiger partial charge in [0.05, 0.1) is 5.69 Å². The molecule has 5 rings (SSSR count). The molecule has 1 aromatic heterocycles. The summed E-state index contributed by atoms with van der Waals surface area (Å²) < 4.78 is 57.5.